The summed E-state index contributed by atoms with van der Waals surface area (Å²) < 4.78 is 5.44. The van der Waals surface area contributed by atoms with Crippen LogP contribution in [0.15, 0.2) is 29.5 Å². The maximum Gasteiger partial charge on any atom is 0.222 e. The molecule has 168 valence electrons. The number of aromatic nitrogens is 1. The third kappa shape index (κ3) is 8.69. The lowest BCUT2D eigenvalue weighted by atomic mass is 9.86. The number of carbonyl (C=O) groups excluding carboxylic acids is 1. The predicted molar refractivity (Wildman–Crippen MR) is 122 cm³/mol. The first-order valence-corrected chi connectivity index (χ1v) is 11.2. The Bertz CT molecular complexity index is 644. The number of guanidine groups is 1. The van der Waals surface area contributed by atoms with Gasteiger partial charge in [-0.05, 0) is 37.8 Å². The summed E-state index contributed by atoms with van der Waals surface area (Å²) in [6.45, 7) is 2.30. The number of hydrogen-bond donors (Lipinski definition) is 2. The molecule has 1 heterocycles. The molecule has 0 atom stereocenters. The number of rotatable bonds is 13. The number of nitrogens with zero attached hydrogens (tertiary/aromatic N) is 3. The summed E-state index contributed by atoms with van der Waals surface area (Å²) in [5.74, 6) is 0.695. The number of aliphatic imine (C=N–C) groups is 1. The molecule has 1 aromatic heterocycles. The van der Waals surface area contributed by atoms with Crippen LogP contribution in [0.4, 0.5) is 5.69 Å². The number of amides is 1. The largest absolute Gasteiger partial charge is 0.384 e. The molecule has 1 aliphatic carbocycles. The Hall–Kier alpha value is -2.15. The first-order valence-electron chi connectivity index (χ1n) is 11.2. The molecule has 7 heteroatoms. The van der Waals surface area contributed by atoms with Crippen molar-refractivity contribution in [3.8, 4) is 0 Å². The topological polar surface area (TPSA) is 92.8 Å². The van der Waals surface area contributed by atoms with Gasteiger partial charge >= 0.3 is 0 Å². The van der Waals surface area contributed by atoms with Gasteiger partial charge in [0.2, 0.25) is 5.91 Å². The zero-order valence-electron chi connectivity index (χ0n) is 18.7. The Morgan fingerprint density at radius 2 is 1.87 bits per heavy atom. The smallest absolute Gasteiger partial charge is 0.222 e. The molecule has 1 saturated carbocycles. The van der Waals surface area contributed by atoms with Crippen molar-refractivity contribution >= 4 is 17.6 Å². The van der Waals surface area contributed by atoms with E-state index in [-0.39, 0.29) is 11.3 Å². The Kier molecular flexibility index (Phi) is 10.6. The van der Waals surface area contributed by atoms with E-state index in [0.717, 1.165) is 50.9 Å². The summed E-state index contributed by atoms with van der Waals surface area (Å²) in [5, 5.41) is 3.05. The molecule has 0 saturated heterocycles. The Morgan fingerprint density at radius 3 is 2.57 bits per heavy atom. The standard InChI is InChI=1S/C23H39N5O2/c1-28(18-23(19-30-2)13-7-8-14-23)21(29)10-6-4-3-5-9-15-26-22(24)27-20-11-16-25-17-12-20/h11-12,16-17H,3-10,13-15,18-19H2,1-2H3,(H3,24,25,26,27). The van der Waals surface area contributed by atoms with Crippen LogP contribution >= 0.6 is 0 Å². The molecule has 0 unspecified atom stereocenters. The average Bonchev–Trinajstić information content (AvgIpc) is 3.18. The van der Waals surface area contributed by atoms with Crippen LogP contribution in [0.25, 0.3) is 0 Å². The van der Waals surface area contributed by atoms with E-state index in [1.807, 2.05) is 24.1 Å². The molecule has 7 nitrogen and oxygen atoms in total. The summed E-state index contributed by atoms with van der Waals surface area (Å²) >= 11 is 0. The van der Waals surface area contributed by atoms with E-state index in [0.29, 0.717) is 18.9 Å². The molecule has 30 heavy (non-hydrogen) atoms. The van der Waals surface area contributed by atoms with Gasteiger partial charge in [-0.15, -0.1) is 0 Å². The molecule has 0 aromatic carbocycles. The van der Waals surface area contributed by atoms with Crippen LogP contribution in [-0.2, 0) is 9.53 Å². The maximum absolute atomic E-state index is 12.5. The zero-order valence-corrected chi connectivity index (χ0v) is 18.7. The molecule has 1 aliphatic rings. The van der Waals surface area contributed by atoms with Crippen molar-refractivity contribution in [3.05, 3.63) is 24.5 Å². The quantitative estimate of drug-likeness (QED) is 0.289. The van der Waals surface area contributed by atoms with Gasteiger partial charge in [0.1, 0.15) is 0 Å². The van der Waals surface area contributed by atoms with Crippen LogP contribution in [0.5, 0.6) is 0 Å². The van der Waals surface area contributed by atoms with Gasteiger partial charge in [-0.25, -0.2) is 0 Å². The van der Waals surface area contributed by atoms with Crippen LogP contribution in [0.3, 0.4) is 0 Å². The number of anilines is 1. The van der Waals surface area contributed by atoms with Crippen molar-refractivity contribution in [2.24, 2.45) is 16.1 Å². The SMILES string of the molecule is COCC1(CN(C)C(=O)CCCCCCCN=C(N)Nc2ccncc2)CCCC1. The van der Waals surface area contributed by atoms with Crippen molar-refractivity contribution in [1.82, 2.24) is 9.88 Å². The van der Waals surface area contributed by atoms with E-state index < -0.39 is 0 Å². The van der Waals surface area contributed by atoms with E-state index in [1.165, 1.54) is 25.7 Å². The summed E-state index contributed by atoms with van der Waals surface area (Å²) in [5.41, 5.74) is 6.95. The van der Waals surface area contributed by atoms with E-state index in [2.05, 4.69) is 15.3 Å². The lowest BCUT2D eigenvalue weighted by molar-refractivity contribution is -0.132. The minimum atomic E-state index is 0.174. The van der Waals surface area contributed by atoms with Gasteiger partial charge in [-0.2, -0.15) is 0 Å². The van der Waals surface area contributed by atoms with Crippen LogP contribution < -0.4 is 11.1 Å². The highest BCUT2D eigenvalue weighted by Crippen LogP contribution is 2.38. The first-order chi connectivity index (χ1) is 14.5. The van der Waals surface area contributed by atoms with Crippen molar-refractivity contribution in [3.63, 3.8) is 0 Å². The normalized spacial score (nSPS) is 15.9. The lowest BCUT2D eigenvalue weighted by Gasteiger charge is -2.33. The molecule has 0 radical (unpaired) electrons. The number of hydrogen-bond acceptors (Lipinski definition) is 4. The number of nitrogens with one attached hydrogen (secondary N) is 1. The van der Waals surface area contributed by atoms with Crippen LogP contribution in [-0.4, -0.2) is 55.6 Å². The number of unbranched alkanes of at least 4 members (excludes halogenated alkanes) is 4. The molecular formula is C23H39N5O2. The molecule has 2 rings (SSSR count). The Balaban J connectivity index is 1.52. The molecule has 3 N–H and O–H groups in total. The van der Waals surface area contributed by atoms with Crippen LogP contribution in [0, 0.1) is 5.41 Å². The molecule has 0 spiro atoms. The second-order valence-electron chi connectivity index (χ2n) is 8.54. The number of carbonyl (C=O) groups is 1. The highest BCUT2D eigenvalue weighted by atomic mass is 16.5. The predicted octanol–water partition coefficient (Wildman–Crippen LogP) is 3.81. The van der Waals surface area contributed by atoms with Gasteiger partial charge in [0.05, 0.1) is 6.61 Å². The zero-order chi connectivity index (χ0) is 21.7. The van der Waals surface area contributed by atoms with Gasteiger partial charge in [0, 0.05) is 57.2 Å². The molecule has 1 amide bonds. The second kappa shape index (κ2) is 13.2. The maximum atomic E-state index is 12.5. The summed E-state index contributed by atoms with van der Waals surface area (Å²) in [7, 11) is 3.71. The number of methoxy groups -OCH3 is 1. The summed E-state index contributed by atoms with van der Waals surface area (Å²) in [6.07, 6.45) is 14.2. The van der Waals surface area contributed by atoms with Gasteiger partial charge < -0.3 is 20.7 Å². The fourth-order valence-corrected chi connectivity index (χ4v) is 4.30. The summed E-state index contributed by atoms with van der Waals surface area (Å²) in [4.78, 5) is 22.7. The van der Waals surface area contributed by atoms with Crippen molar-refractivity contribution in [2.45, 2.75) is 64.2 Å². The van der Waals surface area contributed by atoms with E-state index in [4.69, 9.17) is 10.5 Å². The molecular weight excluding hydrogens is 378 g/mol. The highest BCUT2D eigenvalue weighted by Gasteiger charge is 2.35. The number of pyridine rings is 1. The van der Waals surface area contributed by atoms with E-state index in [1.54, 1.807) is 19.5 Å². The van der Waals surface area contributed by atoms with Gasteiger partial charge in [-0.3, -0.25) is 14.8 Å². The first kappa shape index (κ1) is 24.1. The second-order valence-corrected chi connectivity index (χ2v) is 8.54. The van der Waals surface area contributed by atoms with Crippen molar-refractivity contribution in [2.75, 3.05) is 39.2 Å². The third-order valence-electron chi connectivity index (χ3n) is 5.90. The molecule has 1 aromatic rings. The Morgan fingerprint density at radius 1 is 1.20 bits per heavy atom. The van der Waals surface area contributed by atoms with Crippen LogP contribution in [0.2, 0.25) is 0 Å². The van der Waals surface area contributed by atoms with Gasteiger partial charge in [0.25, 0.3) is 0 Å². The fraction of sp³-hybridized carbons (Fsp3) is 0.696. The monoisotopic (exact) mass is 417 g/mol. The molecule has 0 bridgehead atoms. The minimum absolute atomic E-state index is 0.174. The Labute approximate surface area is 181 Å². The number of nitrogens with two attached hydrogens (primary N) is 1. The number of ether oxygens (including phenoxy) is 1. The van der Waals surface area contributed by atoms with Gasteiger partial charge in [-0.1, -0.05) is 32.1 Å². The molecule has 0 aliphatic heterocycles. The van der Waals surface area contributed by atoms with Crippen LogP contribution in [0.1, 0.15) is 64.2 Å². The summed E-state index contributed by atoms with van der Waals surface area (Å²) in [6, 6.07) is 3.71. The van der Waals surface area contributed by atoms with Crippen molar-refractivity contribution in [1.29, 1.82) is 0 Å². The van der Waals surface area contributed by atoms with E-state index in [9.17, 15) is 4.79 Å². The average molecular weight is 418 g/mol. The molecule has 1 fully saturated rings. The third-order valence-corrected chi connectivity index (χ3v) is 5.90. The highest BCUT2D eigenvalue weighted by molar-refractivity contribution is 5.92. The van der Waals surface area contributed by atoms with Crippen molar-refractivity contribution < 1.29 is 9.53 Å². The lowest BCUT2D eigenvalue weighted by Crippen LogP contribution is -2.40. The van der Waals surface area contributed by atoms with Gasteiger partial charge in [0.15, 0.2) is 5.96 Å². The minimum Gasteiger partial charge on any atom is -0.384 e. The fourth-order valence-electron chi connectivity index (χ4n) is 4.30. The van der Waals surface area contributed by atoms with E-state index >= 15 is 0 Å².